The van der Waals surface area contributed by atoms with E-state index in [2.05, 4.69) is 0 Å². The number of fused-ring (bicyclic) bond motifs is 1. The van der Waals surface area contributed by atoms with Crippen molar-refractivity contribution in [2.75, 3.05) is 44.3 Å². The predicted octanol–water partition coefficient (Wildman–Crippen LogP) is 3.87. The number of benzene rings is 2. The summed E-state index contributed by atoms with van der Waals surface area (Å²) in [5.74, 6) is 0.628. The number of nitrogens with zero attached hydrogens (tertiary/aromatic N) is 3. The van der Waals surface area contributed by atoms with Gasteiger partial charge in [0.2, 0.25) is 5.91 Å². The molecule has 2 atom stereocenters. The van der Waals surface area contributed by atoms with Gasteiger partial charge >= 0.3 is 6.18 Å². The van der Waals surface area contributed by atoms with E-state index in [0.717, 1.165) is 17.4 Å². The Balaban J connectivity index is 1.47. The number of nitriles is 1. The topological polar surface area (TPSA) is 76.8 Å². The number of piperidine rings is 1. The normalized spacial score (nSPS) is 22.0. The predicted molar refractivity (Wildman–Crippen MR) is 124 cm³/mol. The molecular weight excluding hydrogens is 459 g/mol. The Morgan fingerprint density at radius 2 is 1.97 bits per heavy atom. The maximum absolute atomic E-state index is 13.4. The van der Waals surface area contributed by atoms with Crippen molar-refractivity contribution in [2.45, 2.75) is 25.9 Å². The van der Waals surface area contributed by atoms with Crippen LogP contribution < -0.4 is 9.64 Å². The number of ether oxygens (including phenoxy) is 1. The highest BCUT2D eigenvalue weighted by Gasteiger charge is 2.50. The molecule has 0 aromatic heterocycles. The van der Waals surface area contributed by atoms with Crippen LogP contribution in [0.15, 0.2) is 42.5 Å². The summed E-state index contributed by atoms with van der Waals surface area (Å²) in [6, 6.07) is 12.7. The minimum atomic E-state index is -4.62. The molecule has 4 rings (SSSR count). The quantitative estimate of drug-likeness (QED) is 0.670. The van der Waals surface area contributed by atoms with Gasteiger partial charge in [0.05, 0.1) is 36.8 Å². The lowest BCUT2D eigenvalue weighted by Crippen LogP contribution is -2.49. The van der Waals surface area contributed by atoms with Gasteiger partial charge in [0, 0.05) is 43.2 Å². The molecule has 2 heterocycles. The van der Waals surface area contributed by atoms with Crippen molar-refractivity contribution in [3.8, 4) is 11.8 Å². The molecule has 35 heavy (non-hydrogen) atoms. The number of anilines is 1. The number of carbonyl (C=O) groups excluding carboxylic acids is 1. The second kappa shape index (κ2) is 9.78. The average molecular weight is 488 g/mol. The van der Waals surface area contributed by atoms with Gasteiger partial charge in [0.15, 0.2) is 0 Å². The molecule has 1 N–H and O–H groups in total. The lowest BCUT2D eigenvalue weighted by atomic mass is 9.73. The van der Waals surface area contributed by atoms with Gasteiger partial charge in [-0.15, -0.1) is 0 Å². The highest BCUT2D eigenvalue weighted by Crippen LogP contribution is 2.44. The highest BCUT2D eigenvalue weighted by atomic mass is 19.4. The Labute approximate surface area is 202 Å². The summed E-state index contributed by atoms with van der Waals surface area (Å²) < 4.78 is 45.8. The number of rotatable bonds is 6. The van der Waals surface area contributed by atoms with Crippen molar-refractivity contribution in [1.29, 1.82) is 5.26 Å². The van der Waals surface area contributed by atoms with Crippen LogP contribution in [0.1, 0.15) is 30.0 Å². The van der Waals surface area contributed by atoms with Gasteiger partial charge in [-0.25, -0.2) is 0 Å². The molecule has 9 heteroatoms. The maximum Gasteiger partial charge on any atom is 0.417 e. The summed E-state index contributed by atoms with van der Waals surface area (Å²) in [6.07, 6.45) is -3.83. The van der Waals surface area contributed by atoms with Crippen molar-refractivity contribution in [3.63, 3.8) is 0 Å². The SMILES string of the molecule is CCOc1ccc(CC(=O)N2C[C@H]3CN(c4ccc(C#N)c(C(F)(F)F)c4)CC[C@@]3(CO)C2)cc1. The van der Waals surface area contributed by atoms with Crippen LogP contribution in [-0.4, -0.2) is 55.3 Å². The van der Waals surface area contributed by atoms with E-state index in [9.17, 15) is 23.1 Å². The van der Waals surface area contributed by atoms with E-state index < -0.39 is 22.7 Å². The zero-order valence-electron chi connectivity index (χ0n) is 19.5. The Hall–Kier alpha value is -3.25. The highest BCUT2D eigenvalue weighted by molar-refractivity contribution is 5.79. The van der Waals surface area contributed by atoms with Gasteiger partial charge in [0.25, 0.3) is 0 Å². The number of amides is 1. The first kappa shape index (κ1) is 24.9. The smallest absolute Gasteiger partial charge is 0.417 e. The molecule has 6 nitrogen and oxygen atoms in total. The molecule has 1 amide bonds. The minimum absolute atomic E-state index is 0.0411. The van der Waals surface area contributed by atoms with E-state index in [0.29, 0.717) is 44.9 Å². The van der Waals surface area contributed by atoms with E-state index in [1.54, 1.807) is 11.0 Å². The second-order valence-electron chi connectivity index (χ2n) is 9.28. The molecule has 2 aromatic carbocycles. The fourth-order valence-electron chi connectivity index (χ4n) is 5.18. The zero-order valence-corrected chi connectivity index (χ0v) is 19.5. The first-order valence-corrected chi connectivity index (χ1v) is 11.7. The van der Waals surface area contributed by atoms with Crippen molar-refractivity contribution in [1.82, 2.24) is 4.90 Å². The second-order valence-corrected chi connectivity index (χ2v) is 9.28. The summed E-state index contributed by atoms with van der Waals surface area (Å²) in [5.41, 5.74) is -0.568. The van der Waals surface area contributed by atoms with Crippen LogP contribution in [0.5, 0.6) is 5.75 Å². The van der Waals surface area contributed by atoms with E-state index in [1.165, 1.54) is 12.1 Å². The Bertz CT molecular complexity index is 1110. The largest absolute Gasteiger partial charge is 0.494 e. The van der Waals surface area contributed by atoms with Gasteiger partial charge in [-0.2, -0.15) is 18.4 Å². The standard InChI is InChI=1S/C26H28F3N3O3/c1-2-35-22-7-3-18(4-8-22)11-24(34)32-15-20-14-31(10-9-25(20,16-32)17-33)21-6-5-19(13-30)23(12-21)26(27,28)29/h3-8,12,20,33H,2,9-11,14-17H2,1H3/t20-,25+/m1/s1. The van der Waals surface area contributed by atoms with Crippen LogP contribution in [0.4, 0.5) is 18.9 Å². The van der Waals surface area contributed by atoms with Crippen LogP contribution in [0.2, 0.25) is 0 Å². The number of aliphatic hydroxyl groups excluding tert-OH is 1. The number of halogens is 3. The van der Waals surface area contributed by atoms with Gasteiger partial charge in [-0.05, 0) is 49.2 Å². The molecule has 2 aliphatic rings. The molecule has 2 fully saturated rings. The number of carbonyl (C=O) groups is 1. The van der Waals surface area contributed by atoms with E-state index >= 15 is 0 Å². The average Bonchev–Trinajstić information content (AvgIpc) is 3.24. The summed E-state index contributed by atoms with van der Waals surface area (Å²) in [5, 5.41) is 19.3. The monoisotopic (exact) mass is 487 g/mol. The number of alkyl halides is 3. The Morgan fingerprint density at radius 1 is 1.23 bits per heavy atom. The van der Waals surface area contributed by atoms with Crippen LogP contribution in [-0.2, 0) is 17.4 Å². The number of likely N-dealkylation sites (tertiary alicyclic amines) is 1. The van der Waals surface area contributed by atoms with Crippen molar-refractivity contribution in [3.05, 3.63) is 59.2 Å². The number of hydrogen-bond acceptors (Lipinski definition) is 5. The molecule has 2 aromatic rings. The van der Waals surface area contributed by atoms with E-state index in [4.69, 9.17) is 10.00 Å². The van der Waals surface area contributed by atoms with Gasteiger partial charge in [0.1, 0.15) is 5.75 Å². The fraction of sp³-hybridized carbons (Fsp3) is 0.462. The van der Waals surface area contributed by atoms with Gasteiger partial charge in [-0.1, -0.05) is 12.1 Å². The van der Waals surface area contributed by atoms with Crippen LogP contribution in [0.3, 0.4) is 0 Å². The first-order chi connectivity index (χ1) is 16.7. The fourth-order valence-corrected chi connectivity index (χ4v) is 5.18. The molecule has 0 saturated carbocycles. The third-order valence-corrected chi connectivity index (χ3v) is 7.18. The minimum Gasteiger partial charge on any atom is -0.494 e. The van der Waals surface area contributed by atoms with Crippen molar-refractivity contribution >= 4 is 11.6 Å². The van der Waals surface area contributed by atoms with Gasteiger partial charge in [-0.3, -0.25) is 4.79 Å². The van der Waals surface area contributed by atoms with Crippen LogP contribution in [0.25, 0.3) is 0 Å². The lowest BCUT2D eigenvalue weighted by Gasteiger charge is -2.43. The third-order valence-electron chi connectivity index (χ3n) is 7.18. The maximum atomic E-state index is 13.4. The molecule has 0 radical (unpaired) electrons. The molecule has 0 spiro atoms. The lowest BCUT2D eigenvalue weighted by molar-refractivity contribution is -0.137. The summed E-state index contributed by atoms with van der Waals surface area (Å²) in [7, 11) is 0. The first-order valence-electron chi connectivity index (χ1n) is 11.7. The number of hydrogen-bond donors (Lipinski definition) is 1. The Kier molecular flexibility index (Phi) is 6.95. The Morgan fingerprint density at radius 3 is 2.60 bits per heavy atom. The molecule has 0 aliphatic carbocycles. The molecule has 2 aliphatic heterocycles. The molecule has 0 bridgehead atoms. The molecule has 186 valence electrons. The van der Waals surface area contributed by atoms with Crippen LogP contribution in [0, 0.1) is 22.7 Å². The molecular formula is C26H28F3N3O3. The van der Waals surface area contributed by atoms with E-state index in [1.807, 2.05) is 36.1 Å². The van der Waals surface area contributed by atoms with Crippen molar-refractivity contribution in [2.24, 2.45) is 11.3 Å². The van der Waals surface area contributed by atoms with Crippen LogP contribution >= 0.6 is 0 Å². The molecule has 0 unspecified atom stereocenters. The summed E-state index contributed by atoms with van der Waals surface area (Å²) >= 11 is 0. The third kappa shape index (κ3) is 5.08. The van der Waals surface area contributed by atoms with E-state index in [-0.39, 0.29) is 24.9 Å². The summed E-state index contributed by atoms with van der Waals surface area (Å²) in [6.45, 7) is 4.14. The number of aliphatic hydroxyl groups is 1. The zero-order chi connectivity index (χ0) is 25.2. The van der Waals surface area contributed by atoms with Gasteiger partial charge < -0.3 is 19.6 Å². The summed E-state index contributed by atoms with van der Waals surface area (Å²) in [4.78, 5) is 16.7. The van der Waals surface area contributed by atoms with Crippen molar-refractivity contribution < 1.29 is 27.8 Å². The molecule has 2 saturated heterocycles.